The molecule has 0 saturated carbocycles. The lowest BCUT2D eigenvalue weighted by atomic mass is 10.1. The van der Waals surface area contributed by atoms with Gasteiger partial charge in [-0.25, -0.2) is 4.40 Å². The van der Waals surface area contributed by atoms with Crippen molar-refractivity contribution in [3.8, 4) is 0 Å². The van der Waals surface area contributed by atoms with Crippen LogP contribution in [0, 0.1) is 0 Å². The maximum atomic E-state index is 12.9. The lowest BCUT2D eigenvalue weighted by Gasteiger charge is -1.98. The highest BCUT2D eigenvalue weighted by Crippen LogP contribution is 2.32. The Balaban J connectivity index is 1.87. The highest BCUT2D eigenvalue weighted by atomic mass is 16.4. The molecule has 0 unspecified atom stereocenters. The average Bonchev–Trinajstić information content (AvgIpc) is 3.17. The van der Waals surface area contributed by atoms with Gasteiger partial charge in [-0.05, 0) is 24.3 Å². The van der Waals surface area contributed by atoms with E-state index in [9.17, 15) is 4.79 Å². The highest BCUT2D eigenvalue weighted by Gasteiger charge is 2.16. The van der Waals surface area contributed by atoms with E-state index in [0.29, 0.717) is 22.0 Å². The molecule has 3 aromatic heterocycles. The normalized spacial score (nSPS) is 12.2. The van der Waals surface area contributed by atoms with Crippen LogP contribution in [0.1, 0.15) is 0 Å². The molecule has 0 saturated heterocycles. The first-order valence-electron chi connectivity index (χ1n) is 7.95. The van der Waals surface area contributed by atoms with Crippen molar-refractivity contribution in [2.24, 2.45) is 0 Å². The van der Waals surface area contributed by atoms with Gasteiger partial charge in [-0.3, -0.25) is 4.79 Å². The fraction of sp³-hybridized carbons (Fsp3) is 0. The minimum Gasteiger partial charge on any atom is -0.456 e. The van der Waals surface area contributed by atoms with Crippen LogP contribution in [0.15, 0.2) is 74.3 Å². The van der Waals surface area contributed by atoms with Crippen molar-refractivity contribution in [3.05, 3.63) is 71.0 Å². The first kappa shape index (κ1) is 12.8. The highest BCUT2D eigenvalue weighted by molar-refractivity contribution is 6.09. The van der Waals surface area contributed by atoms with Crippen molar-refractivity contribution in [1.29, 1.82) is 0 Å². The van der Waals surface area contributed by atoms with E-state index in [2.05, 4.69) is 4.98 Å². The number of rotatable bonds is 0. The van der Waals surface area contributed by atoms with Gasteiger partial charge in [0, 0.05) is 16.8 Å². The fourth-order valence-corrected chi connectivity index (χ4v) is 3.49. The van der Waals surface area contributed by atoms with Gasteiger partial charge >= 0.3 is 5.84 Å². The Bertz CT molecular complexity index is 1520. The zero-order chi connectivity index (χ0) is 16.5. The predicted octanol–water partition coefficient (Wildman–Crippen LogP) is 4.49. The van der Waals surface area contributed by atoms with Crippen molar-refractivity contribution in [2.75, 3.05) is 0 Å². The zero-order valence-electron chi connectivity index (χ0n) is 12.9. The Kier molecular flexibility index (Phi) is 2.18. The Hall–Kier alpha value is -3.60. The number of benzene rings is 3. The molecule has 5 nitrogen and oxygen atoms in total. The van der Waals surface area contributed by atoms with Crippen LogP contribution in [-0.2, 0) is 0 Å². The lowest BCUT2D eigenvalue weighted by Crippen LogP contribution is -2.12. The van der Waals surface area contributed by atoms with E-state index in [0.717, 1.165) is 21.9 Å². The monoisotopic (exact) mass is 326 g/mol. The molecule has 0 aliphatic heterocycles. The van der Waals surface area contributed by atoms with Crippen LogP contribution in [0.3, 0.4) is 0 Å². The van der Waals surface area contributed by atoms with Crippen molar-refractivity contribution in [3.63, 3.8) is 0 Å². The summed E-state index contributed by atoms with van der Waals surface area (Å²) in [6, 6.07) is 18.9. The molecule has 0 radical (unpaired) electrons. The Morgan fingerprint density at radius 1 is 0.760 bits per heavy atom. The summed E-state index contributed by atoms with van der Waals surface area (Å²) in [7, 11) is 0. The SMILES string of the molecule is O=c1c2ccccc2oc2nc3cc4oc5ccccc5c4cc3n12. The molecule has 0 spiro atoms. The van der Waals surface area contributed by atoms with Gasteiger partial charge in [-0.15, -0.1) is 0 Å². The first-order valence-corrected chi connectivity index (χ1v) is 7.95. The van der Waals surface area contributed by atoms with E-state index in [1.165, 1.54) is 4.40 Å². The standard InChI is InChI=1S/C20H10N2O3/c23-19-12-6-2-4-8-17(12)25-20-21-14-10-18-13(9-15(14)22(19)20)11-5-1-3-7-16(11)24-18/h1-10H. The lowest BCUT2D eigenvalue weighted by molar-refractivity contribution is 0.616. The molecule has 0 aliphatic rings. The maximum Gasteiger partial charge on any atom is 0.310 e. The molecule has 3 heterocycles. The van der Waals surface area contributed by atoms with Crippen LogP contribution in [0.5, 0.6) is 0 Å². The average molecular weight is 326 g/mol. The van der Waals surface area contributed by atoms with Gasteiger partial charge in [0.05, 0.1) is 16.4 Å². The summed E-state index contributed by atoms with van der Waals surface area (Å²) in [6.45, 7) is 0. The first-order chi connectivity index (χ1) is 12.3. The minimum absolute atomic E-state index is 0.133. The molecule has 0 bridgehead atoms. The third-order valence-electron chi connectivity index (χ3n) is 4.64. The van der Waals surface area contributed by atoms with Gasteiger partial charge < -0.3 is 8.83 Å². The molecule has 6 rings (SSSR count). The Morgan fingerprint density at radius 3 is 2.32 bits per heavy atom. The summed E-state index contributed by atoms with van der Waals surface area (Å²) >= 11 is 0. The van der Waals surface area contributed by atoms with Crippen LogP contribution >= 0.6 is 0 Å². The summed E-state index contributed by atoms with van der Waals surface area (Å²) in [4.78, 5) is 17.4. The van der Waals surface area contributed by atoms with Crippen LogP contribution in [0.4, 0.5) is 0 Å². The zero-order valence-corrected chi connectivity index (χ0v) is 12.9. The van der Waals surface area contributed by atoms with E-state index >= 15 is 0 Å². The van der Waals surface area contributed by atoms with E-state index < -0.39 is 0 Å². The molecule has 6 aromatic rings. The summed E-state index contributed by atoms with van der Waals surface area (Å²) in [5.74, 6) is 0.288. The van der Waals surface area contributed by atoms with E-state index in [4.69, 9.17) is 8.83 Å². The quantitative estimate of drug-likeness (QED) is 0.412. The summed E-state index contributed by atoms with van der Waals surface area (Å²) in [5, 5.41) is 2.50. The van der Waals surface area contributed by atoms with E-state index in [1.54, 1.807) is 12.1 Å². The molecule has 0 N–H and O–H groups in total. The number of hydrogen-bond acceptors (Lipinski definition) is 4. The largest absolute Gasteiger partial charge is 0.456 e. The number of fused-ring (bicyclic) bond motifs is 7. The summed E-state index contributed by atoms with van der Waals surface area (Å²) in [6.07, 6.45) is 0. The fourth-order valence-electron chi connectivity index (χ4n) is 3.49. The minimum atomic E-state index is -0.133. The van der Waals surface area contributed by atoms with Gasteiger partial charge in [0.25, 0.3) is 5.56 Å². The van der Waals surface area contributed by atoms with Crippen LogP contribution in [-0.4, -0.2) is 9.38 Å². The second-order valence-corrected chi connectivity index (χ2v) is 6.07. The molecule has 3 aromatic carbocycles. The van der Waals surface area contributed by atoms with E-state index in [1.807, 2.05) is 48.5 Å². The second kappa shape index (κ2) is 4.27. The third-order valence-corrected chi connectivity index (χ3v) is 4.64. The molecule has 0 atom stereocenters. The molecule has 25 heavy (non-hydrogen) atoms. The van der Waals surface area contributed by atoms with Gasteiger partial charge in [-0.1, -0.05) is 30.3 Å². The van der Waals surface area contributed by atoms with E-state index in [-0.39, 0.29) is 11.4 Å². The molecule has 0 aliphatic carbocycles. The summed E-state index contributed by atoms with van der Waals surface area (Å²) < 4.78 is 13.3. The molecule has 0 amide bonds. The molecule has 0 fully saturated rings. The number of aromatic nitrogens is 2. The molecular weight excluding hydrogens is 316 g/mol. The smallest absolute Gasteiger partial charge is 0.310 e. The van der Waals surface area contributed by atoms with Crippen molar-refractivity contribution < 1.29 is 8.83 Å². The van der Waals surface area contributed by atoms with Gasteiger partial charge in [-0.2, -0.15) is 4.98 Å². The molecule has 5 heteroatoms. The van der Waals surface area contributed by atoms with Gasteiger partial charge in [0.1, 0.15) is 16.7 Å². The second-order valence-electron chi connectivity index (χ2n) is 6.07. The number of hydrogen-bond donors (Lipinski definition) is 0. The van der Waals surface area contributed by atoms with Crippen LogP contribution < -0.4 is 5.56 Å². The molecule has 118 valence electrons. The number of imidazole rings is 1. The van der Waals surface area contributed by atoms with Gasteiger partial charge in [0.2, 0.25) is 0 Å². The number of furan rings is 1. The van der Waals surface area contributed by atoms with Crippen molar-refractivity contribution in [1.82, 2.24) is 9.38 Å². The van der Waals surface area contributed by atoms with Gasteiger partial charge in [0.15, 0.2) is 0 Å². The predicted molar refractivity (Wildman–Crippen MR) is 96.0 cm³/mol. The molecular formula is C20H10N2O3. The topological polar surface area (TPSA) is 60.7 Å². The Morgan fingerprint density at radius 2 is 1.48 bits per heavy atom. The third kappa shape index (κ3) is 1.57. The van der Waals surface area contributed by atoms with Crippen molar-refractivity contribution in [2.45, 2.75) is 0 Å². The number of para-hydroxylation sites is 2. The van der Waals surface area contributed by atoms with Crippen molar-refractivity contribution >= 4 is 49.8 Å². The van der Waals surface area contributed by atoms with Crippen LogP contribution in [0.25, 0.3) is 49.8 Å². The maximum absolute atomic E-state index is 12.9. The van der Waals surface area contributed by atoms with Crippen LogP contribution in [0.2, 0.25) is 0 Å². The number of nitrogens with zero attached hydrogens (tertiary/aromatic N) is 2. The Labute approximate surface area is 139 Å². The summed E-state index contributed by atoms with van der Waals surface area (Å²) in [5.41, 5.74) is 3.35.